The molecular weight excluding hydrogens is 388 g/mol. The summed E-state index contributed by atoms with van der Waals surface area (Å²) in [7, 11) is 0. The third kappa shape index (κ3) is 3.84. The molecule has 0 atom stereocenters. The summed E-state index contributed by atoms with van der Waals surface area (Å²) in [4.78, 5) is 13.9. The molecule has 7 nitrogen and oxygen atoms in total. The number of benzene rings is 3. The molecule has 31 heavy (non-hydrogen) atoms. The number of hydrazone groups is 1. The first-order valence-electron chi connectivity index (χ1n) is 9.74. The quantitative estimate of drug-likeness (QED) is 0.521. The lowest BCUT2D eigenvalue weighted by molar-refractivity contribution is 0.440. The van der Waals surface area contributed by atoms with Crippen LogP contribution >= 0.6 is 0 Å². The Balaban J connectivity index is 1.58. The van der Waals surface area contributed by atoms with E-state index in [1.54, 1.807) is 0 Å². The van der Waals surface area contributed by atoms with Crippen LogP contribution in [-0.2, 0) is 0 Å². The van der Waals surface area contributed by atoms with Gasteiger partial charge in [-0.3, -0.25) is 5.43 Å². The first-order chi connectivity index (χ1) is 15.3. The van der Waals surface area contributed by atoms with Crippen molar-refractivity contribution in [2.24, 2.45) is 5.10 Å². The van der Waals surface area contributed by atoms with Crippen molar-refractivity contribution >= 4 is 17.9 Å². The van der Waals surface area contributed by atoms with E-state index in [9.17, 15) is 5.11 Å². The van der Waals surface area contributed by atoms with Crippen LogP contribution in [0, 0.1) is 0 Å². The van der Waals surface area contributed by atoms with Gasteiger partial charge in [-0.15, -0.1) is 5.12 Å². The number of aliphatic hydroxyl groups excluding tert-OH is 1. The summed E-state index contributed by atoms with van der Waals surface area (Å²) in [6.45, 7) is 0. The second kappa shape index (κ2) is 8.08. The number of nitrogens with one attached hydrogen (secondary N) is 1. The van der Waals surface area contributed by atoms with Crippen LogP contribution in [-0.4, -0.2) is 26.3 Å². The molecule has 0 bridgehead atoms. The molecule has 4 aromatic rings. The zero-order valence-corrected chi connectivity index (χ0v) is 16.4. The summed E-state index contributed by atoms with van der Waals surface area (Å²) in [5.41, 5.74) is 6.17. The van der Waals surface area contributed by atoms with E-state index >= 15 is 0 Å². The number of hydrogen-bond donors (Lipinski definition) is 2. The predicted octanol–water partition coefficient (Wildman–Crippen LogP) is 4.44. The first-order valence-corrected chi connectivity index (χ1v) is 9.74. The van der Waals surface area contributed by atoms with Crippen molar-refractivity contribution in [1.29, 1.82) is 0 Å². The number of nitrogens with zero attached hydrogens (tertiary/aromatic N) is 5. The summed E-state index contributed by atoms with van der Waals surface area (Å²) >= 11 is 0. The molecule has 0 amide bonds. The maximum absolute atomic E-state index is 10.3. The lowest BCUT2D eigenvalue weighted by Crippen LogP contribution is -2.37. The van der Waals surface area contributed by atoms with Crippen LogP contribution in [0.4, 0.5) is 5.95 Å². The van der Waals surface area contributed by atoms with Gasteiger partial charge < -0.3 is 5.11 Å². The zero-order chi connectivity index (χ0) is 21.0. The number of anilines is 1. The molecule has 150 valence electrons. The molecule has 1 aliphatic heterocycles. The first kappa shape index (κ1) is 18.5. The molecule has 0 fully saturated rings. The van der Waals surface area contributed by atoms with Crippen molar-refractivity contribution in [3.63, 3.8) is 0 Å². The van der Waals surface area contributed by atoms with Gasteiger partial charge in [-0.2, -0.15) is 15.1 Å². The lowest BCUT2D eigenvalue weighted by Gasteiger charge is -2.25. The third-order valence-corrected chi connectivity index (χ3v) is 4.71. The molecule has 0 unspecified atom stereocenters. The highest BCUT2D eigenvalue weighted by molar-refractivity contribution is 5.90. The standard InChI is InChI=1S/C24H18N6O/c31-20-16-25-30(29-21(20)17-10-4-1-5-11-17)24-27-22(18-12-6-2-7-13-18)26-23(28-24)19-14-8-3-9-15-19/h1-16,29,31H. The van der Waals surface area contributed by atoms with Crippen molar-refractivity contribution in [3.05, 3.63) is 102 Å². The van der Waals surface area contributed by atoms with Crippen molar-refractivity contribution in [2.45, 2.75) is 0 Å². The van der Waals surface area contributed by atoms with Crippen LogP contribution in [0.5, 0.6) is 0 Å². The highest BCUT2D eigenvalue weighted by Crippen LogP contribution is 2.25. The van der Waals surface area contributed by atoms with Crippen LogP contribution < -0.4 is 10.5 Å². The fourth-order valence-electron chi connectivity index (χ4n) is 3.18. The van der Waals surface area contributed by atoms with E-state index in [1.807, 2.05) is 91.0 Å². The Kier molecular flexibility index (Phi) is 4.82. The van der Waals surface area contributed by atoms with Gasteiger partial charge in [0, 0.05) is 16.7 Å². The molecule has 0 aliphatic carbocycles. The molecule has 0 saturated carbocycles. The highest BCUT2D eigenvalue weighted by atomic mass is 16.3. The minimum atomic E-state index is 0.0306. The number of rotatable bonds is 4. The van der Waals surface area contributed by atoms with Gasteiger partial charge in [-0.1, -0.05) is 91.0 Å². The topological polar surface area (TPSA) is 86.5 Å². The normalized spacial score (nSPS) is 13.2. The third-order valence-electron chi connectivity index (χ3n) is 4.71. The van der Waals surface area contributed by atoms with E-state index < -0.39 is 0 Å². The summed E-state index contributed by atoms with van der Waals surface area (Å²) < 4.78 is 0. The zero-order valence-electron chi connectivity index (χ0n) is 16.4. The van der Waals surface area contributed by atoms with Crippen LogP contribution in [0.25, 0.3) is 28.5 Å². The summed E-state index contributed by atoms with van der Waals surface area (Å²) in [6.07, 6.45) is 1.37. The number of hydrazine groups is 1. The number of aliphatic hydroxyl groups is 1. The van der Waals surface area contributed by atoms with Gasteiger partial charge in [0.25, 0.3) is 5.95 Å². The minimum Gasteiger partial charge on any atom is -0.504 e. The van der Waals surface area contributed by atoms with Crippen molar-refractivity contribution < 1.29 is 5.11 Å². The molecule has 1 aliphatic rings. The Morgan fingerprint density at radius 3 is 1.61 bits per heavy atom. The smallest absolute Gasteiger partial charge is 0.270 e. The van der Waals surface area contributed by atoms with Gasteiger partial charge in [0.1, 0.15) is 5.70 Å². The Bertz CT molecular complexity index is 1200. The fraction of sp³-hybridized carbons (Fsp3) is 0. The average molecular weight is 406 g/mol. The Morgan fingerprint density at radius 2 is 1.10 bits per heavy atom. The fourth-order valence-corrected chi connectivity index (χ4v) is 3.18. The molecule has 3 aromatic carbocycles. The Hall–Kier alpha value is -4.52. The Labute approximate surface area is 179 Å². The van der Waals surface area contributed by atoms with Crippen molar-refractivity contribution in [2.75, 3.05) is 5.12 Å². The van der Waals surface area contributed by atoms with Crippen molar-refractivity contribution in [1.82, 2.24) is 20.4 Å². The number of allylic oxidation sites excluding steroid dienone is 1. The van der Waals surface area contributed by atoms with Crippen LogP contribution in [0.1, 0.15) is 5.56 Å². The Morgan fingerprint density at radius 1 is 0.613 bits per heavy atom. The van der Waals surface area contributed by atoms with E-state index in [-0.39, 0.29) is 5.76 Å². The molecule has 5 rings (SSSR count). The lowest BCUT2D eigenvalue weighted by atomic mass is 10.1. The van der Waals surface area contributed by atoms with E-state index in [0.717, 1.165) is 16.7 Å². The van der Waals surface area contributed by atoms with Crippen LogP contribution in [0.2, 0.25) is 0 Å². The van der Waals surface area contributed by atoms with E-state index in [1.165, 1.54) is 11.3 Å². The maximum Gasteiger partial charge on any atom is 0.270 e. The molecule has 1 aromatic heterocycles. The second-order valence-corrected chi connectivity index (χ2v) is 6.81. The SMILES string of the molecule is OC1=C(c2ccccc2)NN(c2nc(-c3ccccc3)nc(-c3ccccc3)n2)N=C1. The summed E-state index contributed by atoms with van der Waals surface area (Å²) in [5.74, 6) is 1.40. The van der Waals surface area contributed by atoms with Gasteiger partial charge in [0.2, 0.25) is 0 Å². The molecule has 0 radical (unpaired) electrons. The summed E-state index contributed by atoms with van der Waals surface area (Å²) in [6, 6.07) is 28.9. The predicted molar refractivity (Wildman–Crippen MR) is 121 cm³/mol. The maximum atomic E-state index is 10.3. The molecule has 2 N–H and O–H groups in total. The van der Waals surface area contributed by atoms with E-state index in [4.69, 9.17) is 0 Å². The average Bonchev–Trinajstić information content (AvgIpc) is 2.86. The van der Waals surface area contributed by atoms with Gasteiger partial charge in [0.15, 0.2) is 17.4 Å². The molecule has 2 heterocycles. The van der Waals surface area contributed by atoms with Gasteiger partial charge in [-0.05, 0) is 0 Å². The van der Waals surface area contributed by atoms with Crippen LogP contribution in [0.3, 0.4) is 0 Å². The van der Waals surface area contributed by atoms with Crippen molar-refractivity contribution in [3.8, 4) is 22.8 Å². The van der Waals surface area contributed by atoms with Crippen LogP contribution in [0.15, 0.2) is 102 Å². The molecular formula is C24H18N6O. The molecule has 0 spiro atoms. The molecule has 7 heteroatoms. The largest absolute Gasteiger partial charge is 0.504 e. The van der Waals surface area contributed by atoms with Gasteiger partial charge in [0.05, 0.1) is 6.21 Å². The summed E-state index contributed by atoms with van der Waals surface area (Å²) in [5, 5.41) is 16.0. The van der Waals surface area contributed by atoms with Gasteiger partial charge in [-0.25, -0.2) is 4.98 Å². The monoisotopic (exact) mass is 406 g/mol. The highest BCUT2D eigenvalue weighted by Gasteiger charge is 2.21. The minimum absolute atomic E-state index is 0.0306. The second-order valence-electron chi connectivity index (χ2n) is 6.81. The number of hydrogen-bond acceptors (Lipinski definition) is 7. The van der Waals surface area contributed by atoms with E-state index in [0.29, 0.717) is 23.3 Å². The van der Waals surface area contributed by atoms with E-state index in [2.05, 4.69) is 25.5 Å². The number of aromatic nitrogens is 3. The molecule has 0 saturated heterocycles. The van der Waals surface area contributed by atoms with Gasteiger partial charge >= 0.3 is 0 Å².